The summed E-state index contributed by atoms with van der Waals surface area (Å²) in [6.07, 6.45) is 0.657. The van der Waals surface area contributed by atoms with E-state index in [9.17, 15) is 19.2 Å². The Kier molecular flexibility index (Phi) is 6.87. The summed E-state index contributed by atoms with van der Waals surface area (Å²) in [6.45, 7) is 3.27. The van der Waals surface area contributed by atoms with E-state index in [1.165, 1.54) is 0 Å². The molecule has 8 nitrogen and oxygen atoms in total. The van der Waals surface area contributed by atoms with E-state index in [1.54, 1.807) is 0 Å². The highest BCUT2D eigenvalue weighted by molar-refractivity contribution is 6.22. The molecule has 0 bridgehead atoms. The lowest BCUT2D eigenvalue weighted by Crippen LogP contribution is -2.42. The van der Waals surface area contributed by atoms with Gasteiger partial charge in [-0.15, -0.1) is 0 Å². The van der Waals surface area contributed by atoms with E-state index >= 15 is 0 Å². The van der Waals surface area contributed by atoms with E-state index < -0.39 is 35.0 Å². The van der Waals surface area contributed by atoms with E-state index in [1.807, 2.05) is 12.2 Å². The van der Waals surface area contributed by atoms with Crippen LogP contribution in [0.25, 0.3) is 0 Å². The second kappa shape index (κ2) is 7.85. The third kappa shape index (κ3) is 5.19. The van der Waals surface area contributed by atoms with Gasteiger partial charge in [0.2, 0.25) is 0 Å². The Balaban J connectivity index is 5.02. The van der Waals surface area contributed by atoms with Crippen LogP contribution in [0.2, 0.25) is 0 Å². The largest absolute Gasteiger partial charge is 0.477 e. The molecule has 0 rings (SSSR count). The molecule has 0 atom stereocenters. The summed E-state index contributed by atoms with van der Waals surface area (Å²) >= 11 is 0. The SMILES string of the molecule is CCCNC(=O)NC(=O)/C(C(=O)O)=C(/C)C(=O)OC. The zero-order valence-corrected chi connectivity index (χ0v) is 10.9. The van der Waals surface area contributed by atoms with Crippen molar-refractivity contribution in [3.63, 3.8) is 0 Å². The van der Waals surface area contributed by atoms with Gasteiger partial charge in [0.05, 0.1) is 12.7 Å². The highest BCUT2D eigenvalue weighted by atomic mass is 16.5. The van der Waals surface area contributed by atoms with E-state index in [0.717, 1.165) is 14.0 Å². The van der Waals surface area contributed by atoms with Crippen molar-refractivity contribution in [1.29, 1.82) is 0 Å². The van der Waals surface area contributed by atoms with Gasteiger partial charge in [-0.2, -0.15) is 0 Å². The zero-order chi connectivity index (χ0) is 15.0. The molecule has 0 aromatic rings. The number of ether oxygens (including phenoxy) is 1. The minimum Gasteiger partial charge on any atom is -0.477 e. The topological polar surface area (TPSA) is 122 Å². The molecule has 0 aliphatic carbocycles. The molecule has 0 unspecified atom stereocenters. The number of hydrogen-bond acceptors (Lipinski definition) is 5. The van der Waals surface area contributed by atoms with Gasteiger partial charge in [-0.3, -0.25) is 10.1 Å². The van der Waals surface area contributed by atoms with Crippen molar-refractivity contribution >= 4 is 23.9 Å². The van der Waals surface area contributed by atoms with Gasteiger partial charge in [0, 0.05) is 6.54 Å². The quantitative estimate of drug-likeness (QED) is 0.276. The maximum atomic E-state index is 11.6. The van der Waals surface area contributed by atoms with Crippen LogP contribution in [0.4, 0.5) is 4.79 Å². The molecule has 8 heteroatoms. The van der Waals surface area contributed by atoms with Crippen LogP contribution in [0.1, 0.15) is 20.3 Å². The number of imide groups is 1. The number of aliphatic carboxylic acids is 1. The standard InChI is InChI=1S/C11H16N2O6/c1-4-5-12-11(18)13-8(14)7(9(15)16)6(2)10(17)19-3/h4-5H2,1-3H3,(H,15,16)(H2,12,13,14,18)/b7-6+. The molecule has 0 saturated heterocycles. The van der Waals surface area contributed by atoms with Crippen LogP contribution in [0.5, 0.6) is 0 Å². The Hall–Kier alpha value is -2.38. The first-order valence-electron chi connectivity index (χ1n) is 5.46. The van der Waals surface area contributed by atoms with Gasteiger partial charge in [-0.25, -0.2) is 14.4 Å². The first-order valence-corrected chi connectivity index (χ1v) is 5.46. The van der Waals surface area contributed by atoms with Gasteiger partial charge < -0.3 is 15.2 Å². The summed E-state index contributed by atoms with van der Waals surface area (Å²) in [5.74, 6) is -3.76. The van der Waals surface area contributed by atoms with E-state index in [-0.39, 0.29) is 0 Å². The minimum atomic E-state index is -1.62. The number of carboxylic acid groups (broad SMARTS) is 1. The van der Waals surface area contributed by atoms with Gasteiger partial charge in [0.15, 0.2) is 0 Å². The number of methoxy groups -OCH3 is 1. The number of esters is 1. The van der Waals surface area contributed by atoms with E-state index in [2.05, 4.69) is 10.1 Å². The van der Waals surface area contributed by atoms with Crippen LogP contribution < -0.4 is 10.6 Å². The molecule has 0 aliphatic rings. The molecule has 106 valence electrons. The maximum Gasteiger partial charge on any atom is 0.341 e. The van der Waals surface area contributed by atoms with Crippen LogP contribution in [-0.4, -0.2) is 42.6 Å². The zero-order valence-electron chi connectivity index (χ0n) is 10.9. The fourth-order valence-electron chi connectivity index (χ4n) is 1.13. The third-order valence-electron chi connectivity index (χ3n) is 2.07. The van der Waals surface area contributed by atoms with Crippen molar-refractivity contribution in [2.45, 2.75) is 20.3 Å². The van der Waals surface area contributed by atoms with E-state index in [4.69, 9.17) is 5.11 Å². The summed E-state index contributed by atoms with van der Waals surface area (Å²) in [6, 6.07) is -0.830. The summed E-state index contributed by atoms with van der Waals surface area (Å²) in [5.41, 5.74) is -1.23. The molecule has 0 heterocycles. The van der Waals surface area contributed by atoms with Crippen molar-refractivity contribution in [2.24, 2.45) is 0 Å². The van der Waals surface area contributed by atoms with Crippen LogP contribution in [-0.2, 0) is 19.1 Å². The molecule has 3 N–H and O–H groups in total. The Morgan fingerprint density at radius 2 is 1.79 bits per heavy atom. The predicted molar refractivity (Wildman–Crippen MR) is 64.2 cm³/mol. The summed E-state index contributed by atoms with van der Waals surface area (Å²) in [5, 5.41) is 13.0. The van der Waals surface area contributed by atoms with Crippen molar-refractivity contribution < 1.29 is 29.0 Å². The van der Waals surface area contributed by atoms with Crippen LogP contribution in [0.15, 0.2) is 11.1 Å². The number of hydrogen-bond donors (Lipinski definition) is 3. The maximum absolute atomic E-state index is 11.6. The molecule has 3 amide bonds. The first-order chi connectivity index (χ1) is 8.84. The average Bonchev–Trinajstić information content (AvgIpc) is 2.34. The summed E-state index contributed by atoms with van der Waals surface area (Å²) in [4.78, 5) is 45.0. The number of carbonyl (C=O) groups is 4. The molecule has 0 radical (unpaired) electrons. The fraction of sp³-hybridized carbons (Fsp3) is 0.455. The molecule has 19 heavy (non-hydrogen) atoms. The summed E-state index contributed by atoms with van der Waals surface area (Å²) in [7, 11) is 1.05. The van der Waals surface area contributed by atoms with Crippen molar-refractivity contribution in [3.05, 3.63) is 11.1 Å². The Labute approximate surface area is 109 Å². The smallest absolute Gasteiger partial charge is 0.341 e. The molecule has 0 aromatic heterocycles. The lowest BCUT2D eigenvalue weighted by atomic mass is 10.1. The molecule has 0 aliphatic heterocycles. The average molecular weight is 272 g/mol. The second-order valence-corrected chi connectivity index (χ2v) is 3.51. The van der Waals surface area contributed by atoms with Gasteiger partial charge >= 0.3 is 18.0 Å². The fourth-order valence-corrected chi connectivity index (χ4v) is 1.13. The Morgan fingerprint density at radius 3 is 2.21 bits per heavy atom. The highest BCUT2D eigenvalue weighted by Gasteiger charge is 2.25. The van der Waals surface area contributed by atoms with Crippen LogP contribution in [0.3, 0.4) is 0 Å². The van der Waals surface area contributed by atoms with Crippen molar-refractivity contribution in [1.82, 2.24) is 10.6 Å². The molecular weight excluding hydrogens is 256 g/mol. The monoisotopic (exact) mass is 272 g/mol. The third-order valence-corrected chi connectivity index (χ3v) is 2.07. The second-order valence-electron chi connectivity index (χ2n) is 3.51. The molecule has 0 aromatic carbocycles. The number of amides is 3. The highest BCUT2D eigenvalue weighted by Crippen LogP contribution is 2.06. The number of carboxylic acids is 1. The molecule has 0 spiro atoms. The van der Waals surface area contributed by atoms with Gasteiger partial charge in [0.25, 0.3) is 5.91 Å². The Bertz CT molecular complexity index is 427. The lowest BCUT2D eigenvalue weighted by molar-refractivity contribution is -0.139. The Morgan fingerprint density at radius 1 is 1.21 bits per heavy atom. The number of rotatable bonds is 5. The van der Waals surface area contributed by atoms with Gasteiger partial charge in [-0.05, 0) is 13.3 Å². The van der Waals surface area contributed by atoms with E-state index in [0.29, 0.717) is 13.0 Å². The van der Waals surface area contributed by atoms with Gasteiger partial charge in [0.1, 0.15) is 5.57 Å². The lowest BCUT2D eigenvalue weighted by Gasteiger charge is -2.08. The van der Waals surface area contributed by atoms with Crippen LogP contribution >= 0.6 is 0 Å². The van der Waals surface area contributed by atoms with Crippen LogP contribution in [0, 0.1) is 0 Å². The minimum absolute atomic E-state index is 0.335. The van der Waals surface area contributed by atoms with Crippen molar-refractivity contribution in [3.8, 4) is 0 Å². The first kappa shape index (κ1) is 16.6. The van der Waals surface area contributed by atoms with Crippen molar-refractivity contribution in [2.75, 3.05) is 13.7 Å². The number of urea groups is 1. The number of carbonyl (C=O) groups excluding carboxylic acids is 3. The molecular formula is C11H16N2O6. The molecule has 0 saturated carbocycles. The normalized spacial score (nSPS) is 11.1. The van der Waals surface area contributed by atoms with Gasteiger partial charge in [-0.1, -0.05) is 6.92 Å². The summed E-state index contributed by atoms with van der Waals surface area (Å²) < 4.78 is 4.32. The number of nitrogens with one attached hydrogen (secondary N) is 2. The predicted octanol–water partition coefficient (Wildman–Crippen LogP) is -0.204. The molecule has 0 fully saturated rings.